The maximum atomic E-state index is 12.6. The van der Waals surface area contributed by atoms with E-state index in [1.807, 2.05) is 4.90 Å². The lowest BCUT2D eigenvalue weighted by molar-refractivity contribution is 0.115. The summed E-state index contributed by atoms with van der Waals surface area (Å²) in [7, 11) is 0. The third-order valence-corrected chi connectivity index (χ3v) is 5.49. The molecule has 0 spiro atoms. The van der Waals surface area contributed by atoms with Gasteiger partial charge in [-0.25, -0.2) is 4.79 Å². The maximum absolute atomic E-state index is 12.6. The first-order chi connectivity index (χ1) is 11.0. The van der Waals surface area contributed by atoms with Gasteiger partial charge in [0, 0.05) is 24.5 Å². The highest BCUT2D eigenvalue weighted by Gasteiger charge is 2.34. The van der Waals surface area contributed by atoms with E-state index in [1.54, 1.807) is 0 Å². The summed E-state index contributed by atoms with van der Waals surface area (Å²) in [4.78, 5) is 14.6. The topological polar surface area (TPSA) is 52.6 Å². The van der Waals surface area contributed by atoms with Gasteiger partial charge < -0.3 is 15.3 Å². The van der Waals surface area contributed by atoms with Crippen LogP contribution in [0.2, 0.25) is 0 Å². The Hall–Kier alpha value is -1.55. The minimum atomic E-state index is -0.181. The zero-order valence-corrected chi connectivity index (χ0v) is 14.2. The van der Waals surface area contributed by atoms with E-state index in [2.05, 4.69) is 43.4 Å². The summed E-state index contributed by atoms with van der Waals surface area (Å²) in [5.41, 5.74) is 2.68. The van der Waals surface area contributed by atoms with Gasteiger partial charge in [-0.2, -0.15) is 0 Å². The lowest BCUT2D eigenvalue weighted by atomic mass is 9.93. The predicted octanol–water partition coefficient (Wildman–Crippen LogP) is 3.19. The number of likely N-dealkylation sites (tertiary alicyclic amines) is 1. The summed E-state index contributed by atoms with van der Waals surface area (Å²) in [5.74, 6) is 0.435. The van der Waals surface area contributed by atoms with Crippen molar-refractivity contribution in [1.82, 2.24) is 10.2 Å². The number of hydrogen-bond acceptors (Lipinski definition) is 2. The number of amides is 2. The van der Waals surface area contributed by atoms with Crippen LogP contribution in [0.5, 0.6) is 0 Å². The Morgan fingerprint density at radius 3 is 2.61 bits per heavy atom. The molecule has 1 saturated heterocycles. The Balaban J connectivity index is 1.60. The molecule has 2 aliphatic rings. The second-order valence-electron chi connectivity index (χ2n) is 7.25. The molecule has 0 radical (unpaired) electrons. The fourth-order valence-electron chi connectivity index (χ4n) is 4.06. The number of benzene rings is 1. The number of hydrogen-bond donors (Lipinski definition) is 2. The molecule has 1 aliphatic carbocycles. The number of urea groups is 1. The van der Waals surface area contributed by atoms with Gasteiger partial charge in [0.25, 0.3) is 0 Å². The van der Waals surface area contributed by atoms with Gasteiger partial charge in [-0.15, -0.1) is 0 Å². The SMILES string of the molecule is Cc1ccccc1C1CC(C)N(C(=O)NC2CCC(O)CC2)C1. The third-order valence-electron chi connectivity index (χ3n) is 5.49. The zero-order valence-electron chi connectivity index (χ0n) is 14.2. The number of nitrogens with zero attached hydrogens (tertiary/aromatic N) is 1. The van der Waals surface area contributed by atoms with E-state index >= 15 is 0 Å². The molecule has 23 heavy (non-hydrogen) atoms. The van der Waals surface area contributed by atoms with Gasteiger partial charge in [0.1, 0.15) is 0 Å². The predicted molar refractivity (Wildman–Crippen MR) is 91.5 cm³/mol. The molecule has 4 nitrogen and oxygen atoms in total. The van der Waals surface area contributed by atoms with Gasteiger partial charge in [0.05, 0.1) is 6.10 Å². The molecule has 1 heterocycles. The van der Waals surface area contributed by atoms with Crippen LogP contribution in [0.1, 0.15) is 56.1 Å². The monoisotopic (exact) mass is 316 g/mol. The second kappa shape index (κ2) is 6.91. The Bertz CT molecular complexity index is 552. The standard InChI is InChI=1S/C19H28N2O2/c1-13-5-3-4-6-18(13)15-11-14(2)21(12-15)19(23)20-16-7-9-17(22)10-8-16/h3-6,14-17,22H,7-12H2,1-2H3,(H,20,23). The molecule has 2 N–H and O–H groups in total. The molecular formula is C19H28N2O2. The molecule has 1 aliphatic heterocycles. The van der Waals surface area contributed by atoms with Crippen LogP contribution in [0.15, 0.2) is 24.3 Å². The fraction of sp³-hybridized carbons (Fsp3) is 0.632. The zero-order chi connectivity index (χ0) is 16.4. The first-order valence-corrected chi connectivity index (χ1v) is 8.85. The van der Waals surface area contributed by atoms with Crippen LogP contribution >= 0.6 is 0 Å². The fourth-order valence-corrected chi connectivity index (χ4v) is 4.06. The summed E-state index contributed by atoms with van der Waals surface area (Å²) in [6.07, 6.45) is 4.21. The number of aliphatic hydroxyl groups excluding tert-OH is 1. The van der Waals surface area contributed by atoms with Gasteiger partial charge in [0.2, 0.25) is 0 Å². The molecule has 0 aromatic heterocycles. The van der Waals surface area contributed by atoms with Crippen molar-refractivity contribution >= 4 is 6.03 Å². The number of nitrogens with one attached hydrogen (secondary N) is 1. The van der Waals surface area contributed by atoms with Crippen LogP contribution < -0.4 is 5.32 Å². The van der Waals surface area contributed by atoms with Crippen molar-refractivity contribution in [2.75, 3.05) is 6.54 Å². The molecule has 1 aromatic rings. The van der Waals surface area contributed by atoms with Gasteiger partial charge in [-0.1, -0.05) is 24.3 Å². The normalized spacial score (nSPS) is 31.2. The average Bonchev–Trinajstić information content (AvgIpc) is 2.92. The molecular weight excluding hydrogens is 288 g/mol. The molecule has 2 fully saturated rings. The molecule has 2 atom stereocenters. The smallest absolute Gasteiger partial charge is 0.317 e. The van der Waals surface area contributed by atoms with Crippen LogP contribution in [0.4, 0.5) is 4.79 Å². The first kappa shape index (κ1) is 16.3. The van der Waals surface area contributed by atoms with Crippen molar-refractivity contribution in [3.63, 3.8) is 0 Å². The van der Waals surface area contributed by atoms with E-state index in [4.69, 9.17) is 0 Å². The quantitative estimate of drug-likeness (QED) is 0.880. The van der Waals surface area contributed by atoms with Crippen LogP contribution in [-0.4, -0.2) is 40.8 Å². The summed E-state index contributed by atoms with van der Waals surface area (Å²) >= 11 is 0. The van der Waals surface area contributed by atoms with Crippen molar-refractivity contribution in [2.24, 2.45) is 0 Å². The third kappa shape index (κ3) is 3.69. The van der Waals surface area contributed by atoms with Crippen LogP contribution in [0.25, 0.3) is 0 Å². The number of carbonyl (C=O) groups excluding carboxylic acids is 1. The molecule has 126 valence electrons. The van der Waals surface area contributed by atoms with E-state index < -0.39 is 0 Å². The lowest BCUT2D eigenvalue weighted by Crippen LogP contribution is -2.47. The molecule has 2 amide bonds. The van der Waals surface area contributed by atoms with Crippen molar-refractivity contribution < 1.29 is 9.90 Å². The average molecular weight is 316 g/mol. The summed E-state index contributed by atoms with van der Waals surface area (Å²) < 4.78 is 0. The highest BCUT2D eigenvalue weighted by molar-refractivity contribution is 5.75. The second-order valence-corrected chi connectivity index (χ2v) is 7.25. The summed E-state index contributed by atoms with van der Waals surface area (Å²) in [6, 6.07) is 9.05. The van der Waals surface area contributed by atoms with E-state index in [1.165, 1.54) is 11.1 Å². The molecule has 4 heteroatoms. The van der Waals surface area contributed by atoms with Crippen molar-refractivity contribution in [1.29, 1.82) is 0 Å². The number of rotatable bonds is 2. The van der Waals surface area contributed by atoms with E-state index in [-0.39, 0.29) is 24.2 Å². The molecule has 0 bridgehead atoms. The van der Waals surface area contributed by atoms with E-state index in [9.17, 15) is 9.90 Å². The first-order valence-electron chi connectivity index (χ1n) is 8.85. The van der Waals surface area contributed by atoms with E-state index in [0.29, 0.717) is 5.92 Å². The molecule has 2 unspecified atom stereocenters. The Morgan fingerprint density at radius 1 is 1.22 bits per heavy atom. The van der Waals surface area contributed by atoms with Crippen LogP contribution in [-0.2, 0) is 0 Å². The molecule has 3 rings (SSSR count). The number of aryl methyl sites for hydroxylation is 1. The lowest BCUT2D eigenvalue weighted by Gasteiger charge is -2.29. The van der Waals surface area contributed by atoms with E-state index in [0.717, 1.165) is 38.6 Å². The van der Waals surface area contributed by atoms with Crippen LogP contribution in [0, 0.1) is 6.92 Å². The Labute approximate surface area is 138 Å². The summed E-state index contributed by atoms with van der Waals surface area (Å²) in [6.45, 7) is 5.09. The summed E-state index contributed by atoms with van der Waals surface area (Å²) in [5, 5.41) is 12.8. The number of carbonyl (C=O) groups is 1. The van der Waals surface area contributed by atoms with Gasteiger partial charge >= 0.3 is 6.03 Å². The van der Waals surface area contributed by atoms with Crippen molar-refractivity contribution in [2.45, 2.75) is 70.1 Å². The van der Waals surface area contributed by atoms with Crippen LogP contribution in [0.3, 0.4) is 0 Å². The number of aliphatic hydroxyl groups is 1. The molecule has 1 aromatic carbocycles. The van der Waals surface area contributed by atoms with Gasteiger partial charge in [-0.3, -0.25) is 0 Å². The maximum Gasteiger partial charge on any atom is 0.317 e. The minimum absolute atomic E-state index is 0.0648. The minimum Gasteiger partial charge on any atom is -0.393 e. The highest BCUT2D eigenvalue weighted by atomic mass is 16.3. The van der Waals surface area contributed by atoms with Gasteiger partial charge in [0.15, 0.2) is 0 Å². The van der Waals surface area contributed by atoms with Crippen molar-refractivity contribution in [3.05, 3.63) is 35.4 Å². The highest BCUT2D eigenvalue weighted by Crippen LogP contribution is 2.33. The van der Waals surface area contributed by atoms with Gasteiger partial charge in [-0.05, 0) is 57.1 Å². The largest absolute Gasteiger partial charge is 0.393 e. The Morgan fingerprint density at radius 2 is 1.91 bits per heavy atom. The Kier molecular flexibility index (Phi) is 4.90. The molecule has 1 saturated carbocycles. The van der Waals surface area contributed by atoms with Crippen molar-refractivity contribution in [3.8, 4) is 0 Å².